The maximum Gasteiger partial charge on any atom is 0.324 e. The summed E-state index contributed by atoms with van der Waals surface area (Å²) >= 11 is 0. The van der Waals surface area contributed by atoms with Gasteiger partial charge in [-0.05, 0) is 72.5 Å². The number of carbonyl (C=O) groups excluding carboxylic acids is 1. The monoisotopic (exact) mass is 423 g/mol. The second-order valence-corrected chi connectivity index (χ2v) is 11.4. The van der Waals surface area contributed by atoms with Crippen LogP contribution < -0.4 is 5.73 Å². The van der Waals surface area contributed by atoms with Gasteiger partial charge in [0.25, 0.3) is 6.47 Å². The standard InChI is InChI=1S/C24H41NO5/c1-13-6-7-15-11-18-14(2)10-16(20(30-12-26)19(25)22(28)29)21(27)24(18,5)9-8-17(13)23(15,3)4/h12-21,27H,6-11,25H2,1-5H3,(H,28,29)/t13-,14-,15+,16?,17+,18-,19?,20?,21?,24+/m1/s1. The van der Waals surface area contributed by atoms with Gasteiger partial charge in [-0.1, -0.05) is 41.0 Å². The molecule has 6 heteroatoms. The molecule has 4 unspecified atom stereocenters. The van der Waals surface area contributed by atoms with E-state index in [2.05, 4.69) is 34.6 Å². The average molecular weight is 424 g/mol. The number of hydrogen-bond acceptors (Lipinski definition) is 5. The molecule has 3 aliphatic rings. The zero-order chi connectivity index (χ0) is 22.4. The Hall–Kier alpha value is -1.14. The molecule has 6 nitrogen and oxygen atoms in total. The number of aliphatic hydroxyl groups excluding tert-OH is 1. The number of ether oxygens (including phenoxy) is 1. The van der Waals surface area contributed by atoms with Crippen molar-refractivity contribution >= 4 is 12.4 Å². The van der Waals surface area contributed by atoms with Crippen molar-refractivity contribution in [3.8, 4) is 0 Å². The minimum atomic E-state index is -1.34. The Labute approximate surface area is 180 Å². The number of carbonyl (C=O) groups is 2. The normalized spacial score (nSPS) is 45.2. The van der Waals surface area contributed by atoms with Crippen LogP contribution in [0.15, 0.2) is 0 Å². The second-order valence-electron chi connectivity index (χ2n) is 11.4. The molecule has 0 aromatic rings. The Kier molecular flexibility index (Phi) is 6.60. The maximum absolute atomic E-state index is 11.6. The summed E-state index contributed by atoms with van der Waals surface area (Å²) in [5, 5.41) is 21.0. The van der Waals surface area contributed by atoms with Gasteiger partial charge in [0.15, 0.2) is 0 Å². The first-order valence-corrected chi connectivity index (χ1v) is 11.7. The van der Waals surface area contributed by atoms with E-state index in [4.69, 9.17) is 10.5 Å². The van der Waals surface area contributed by atoms with Gasteiger partial charge in [0.2, 0.25) is 0 Å². The van der Waals surface area contributed by atoms with Gasteiger partial charge < -0.3 is 20.7 Å². The average Bonchev–Trinajstić information content (AvgIpc) is 2.66. The lowest BCUT2D eigenvalue weighted by Gasteiger charge is -2.59. The van der Waals surface area contributed by atoms with Crippen LogP contribution in [0.3, 0.4) is 0 Å². The highest BCUT2D eigenvalue weighted by Gasteiger charge is 2.57. The van der Waals surface area contributed by atoms with Crippen molar-refractivity contribution < 1.29 is 24.5 Å². The van der Waals surface area contributed by atoms with Crippen molar-refractivity contribution in [2.45, 2.75) is 91.4 Å². The summed E-state index contributed by atoms with van der Waals surface area (Å²) in [4.78, 5) is 22.7. The molecule has 4 N–H and O–H groups in total. The van der Waals surface area contributed by atoms with Crippen LogP contribution in [0, 0.1) is 46.3 Å². The predicted molar refractivity (Wildman–Crippen MR) is 114 cm³/mol. The number of hydrogen-bond donors (Lipinski definition) is 3. The molecule has 30 heavy (non-hydrogen) atoms. The van der Waals surface area contributed by atoms with Crippen molar-refractivity contribution in [3.63, 3.8) is 0 Å². The van der Waals surface area contributed by atoms with Crippen LogP contribution in [0.4, 0.5) is 0 Å². The van der Waals surface area contributed by atoms with E-state index in [-0.39, 0.29) is 11.9 Å². The Morgan fingerprint density at radius 3 is 2.37 bits per heavy atom. The first kappa shape index (κ1) is 23.5. The fraction of sp³-hybridized carbons (Fsp3) is 0.917. The van der Waals surface area contributed by atoms with Gasteiger partial charge in [0, 0.05) is 5.92 Å². The molecule has 0 heterocycles. The fourth-order valence-corrected chi connectivity index (χ4v) is 7.81. The molecule has 2 bridgehead atoms. The SMILES string of the molecule is C[C@@H]1CC(C(OC=O)C(N)C(=O)O)C(O)[C@@]2(C)CC[C@H]3[C@H](C)CC[C@@H](C[C@H]12)C3(C)C. The smallest absolute Gasteiger partial charge is 0.324 e. The fourth-order valence-electron chi connectivity index (χ4n) is 7.81. The lowest BCUT2D eigenvalue weighted by Crippen LogP contribution is -2.60. The Morgan fingerprint density at radius 2 is 1.77 bits per heavy atom. The summed E-state index contributed by atoms with van der Waals surface area (Å²) < 4.78 is 5.18. The van der Waals surface area contributed by atoms with Crippen LogP contribution in [0.2, 0.25) is 0 Å². The molecule has 3 aliphatic carbocycles. The zero-order valence-corrected chi connectivity index (χ0v) is 19.2. The molecule has 0 aromatic heterocycles. The topological polar surface area (TPSA) is 110 Å². The van der Waals surface area contributed by atoms with Crippen molar-refractivity contribution in [2.24, 2.45) is 52.1 Å². The summed E-state index contributed by atoms with van der Waals surface area (Å²) in [7, 11) is 0. The van der Waals surface area contributed by atoms with Gasteiger partial charge in [-0.3, -0.25) is 9.59 Å². The quantitative estimate of drug-likeness (QED) is 0.584. The van der Waals surface area contributed by atoms with E-state index in [1.165, 1.54) is 12.8 Å². The molecule has 3 rings (SSSR count). The first-order chi connectivity index (χ1) is 13.9. The van der Waals surface area contributed by atoms with Crippen LogP contribution in [0.1, 0.15) is 73.1 Å². The zero-order valence-electron chi connectivity index (χ0n) is 19.2. The summed E-state index contributed by atoms with van der Waals surface area (Å²) in [5.41, 5.74) is 5.85. The molecule has 172 valence electrons. The molecular weight excluding hydrogens is 382 g/mol. The highest BCUT2D eigenvalue weighted by molar-refractivity contribution is 5.74. The highest BCUT2D eigenvalue weighted by Crippen LogP contribution is 2.61. The van der Waals surface area contributed by atoms with E-state index < -0.39 is 30.1 Å². The minimum absolute atomic E-state index is 0.270. The number of fused-ring (bicyclic) bond motifs is 3. The van der Waals surface area contributed by atoms with Crippen molar-refractivity contribution in [1.29, 1.82) is 0 Å². The summed E-state index contributed by atoms with van der Waals surface area (Å²) in [6, 6.07) is -1.34. The van der Waals surface area contributed by atoms with Crippen LogP contribution in [-0.2, 0) is 14.3 Å². The highest BCUT2D eigenvalue weighted by atomic mass is 16.5. The largest absolute Gasteiger partial charge is 0.480 e. The predicted octanol–water partition coefficient (Wildman–Crippen LogP) is 3.45. The lowest BCUT2D eigenvalue weighted by molar-refractivity contribution is -0.179. The Bertz CT molecular complexity index is 652. The van der Waals surface area contributed by atoms with Gasteiger partial charge in [-0.2, -0.15) is 0 Å². The first-order valence-electron chi connectivity index (χ1n) is 11.7. The summed E-state index contributed by atoms with van der Waals surface area (Å²) in [6.07, 6.45) is 4.45. The summed E-state index contributed by atoms with van der Waals surface area (Å²) in [5.74, 6) is 0.920. The summed E-state index contributed by atoms with van der Waals surface area (Å²) in [6.45, 7) is 11.9. The van der Waals surface area contributed by atoms with Crippen LogP contribution in [0.25, 0.3) is 0 Å². The number of rotatable bonds is 5. The molecule has 3 saturated carbocycles. The van der Waals surface area contributed by atoms with E-state index >= 15 is 0 Å². The molecule has 3 fully saturated rings. The van der Waals surface area contributed by atoms with Crippen molar-refractivity contribution in [1.82, 2.24) is 0 Å². The second kappa shape index (κ2) is 8.42. The van der Waals surface area contributed by atoms with E-state index in [1.54, 1.807) is 0 Å². The lowest BCUT2D eigenvalue weighted by atomic mass is 9.46. The molecule has 10 atom stereocenters. The van der Waals surface area contributed by atoms with Gasteiger partial charge in [0.1, 0.15) is 12.1 Å². The minimum Gasteiger partial charge on any atom is -0.480 e. The molecule has 0 amide bonds. The number of aliphatic carboxylic acids is 1. The van der Waals surface area contributed by atoms with E-state index in [1.807, 2.05) is 0 Å². The third kappa shape index (κ3) is 3.79. The molecule has 0 aromatic carbocycles. The molecule has 0 radical (unpaired) electrons. The molecule has 0 spiro atoms. The van der Waals surface area contributed by atoms with Crippen LogP contribution in [0.5, 0.6) is 0 Å². The third-order valence-electron chi connectivity index (χ3n) is 9.73. The van der Waals surface area contributed by atoms with Gasteiger partial charge in [-0.25, -0.2) is 0 Å². The number of carboxylic acids is 1. The molecule has 0 saturated heterocycles. The van der Waals surface area contributed by atoms with Crippen LogP contribution in [-0.4, -0.2) is 40.9 Å². The van der Waals surface area contributed by atoms with Gasteiger partial charge in [-0.15, -0.1) is 0 Å². The Morgan fingerprint density at radius 1 is 1.10 bits per heavy atom. The van der Waals surface area contributed by atoms with E-state index in [0.29, 0.717) is 41.4 Å². The van der Waals surface area contributed by atoms with Gasteiger partial charge in [0.05, 0.1) is 6.10 Å². The Balaban J connectivity index is 1.94. The number of aliphatic hydroxyl groups is 1. The van der Waals surface area contributed by atoms with Gasteiger partial charge >= 0.3 is 5.97 Å². The maximum atomic E-state index is 11.6. The third-order valence-corrected chi connectivity index (χ3v) is 9.73. The number of carboxylic acid groups (broad SMARTS) is 1. The molecule has 0 aliphatic heterocycles. The van der Waals surface area contributed by atoms with E-state index in [9.17, 15) is 19.8 Å². The van der Waals surface area contributed by atoms with E-state index in [0.717, 1.165) is 19.3 Å². The molecular formula is C24H41NO5. The van der Waals surface area contributed by atoms with Crippen molar-refractivity contribution in [3.05, 3.63) is 0 Å². The number of nitrogens with two attached hydrogens (primary N) is 1. The van der Waals surface area contributed by atoms with Crippen LogP contribution >= 0.6 is 0 Å². The van der Waals surface area contributed by atoms with Crippen molar-refractivity contribution in [2.75, 3.05) is 0 Å².